The fraction of sp³-hybridized carbons (Fsp3) is 0.263. The minimum Gasteiger partial charge on any atom is -0.481 e. The molecule has 1 aliphatic rings. The van der Waals surface area contributed by atoms with E-state index in [4.69, 9.17) is 0 Å². The maximum Gasteiger partial charge on any atom is 0.307 e. The van der Waals surface area contributed by atoms with Crippen LogP contribution in [-0.4, -0.2) is 27.9 Å². The number of carbonyl (C=O) groups excluding carboxylic acids is 2. The number of hydrogen-bond donors (Lipinski definition) is 3. The Kier molecular flexibility index (Phi) is 4.65. The summed E-state index contributed by atoms with van der Waals surface area (Å²) in [5.74, 6) is -4.40. The summed E-state index contributed by atoms with van der Waals surface area (Å²) in [6, 6.07) is 6.83. The summed E-state index contributed by atoms with van der Waals surface area (Å²) in [4.78, 5) is 39.8. The van der Waals surface area contributed by atoms with Crippen molar-refractivity contribution >= 4 is 29.2 Å². The summed E-state index contributed by atoms with van der Waals surface area (Å²) >= 11 is 0. The van der Waals surface area contributed by atoms with Crippen LogP contribution in [0.2, 0.25) is 0 Å². The van der Waals surface area contributed by atoms with Crippen molar-refractivity contribution in [1.29, 1.82) is 0 Å². The Morgan fingerprint density at radius 1 is 1.11 bits per heavy atom. The largest absolute Gasteiger partial charge is 0.481 e. The fourth-order valence-corrected chi connectivity index (χ4v) is 3.22. The number of carboxylic acid groups (broad SMARTS) is 1. The molecule has 0 spiro atoms. The standard InChI is InChI=1S/C19H18FN3O4/c1-19(2)14(15(19)18(26)27)17(25)22-10-5-6-13(20)12(8-10)16(24)23-11-4-3-7-21-9-11/h3-9,14-15H,1-2H3,(H,22,25)(H,23,24)(H,26,27)/t14-,15+/m1/s1. The van der Waals surface area contributed by atoms with Gasteiger partial charge in [-0.15, -0.1) is 0 Å². The smallest absolute Gasteiger partial charge is 0.307 e. The molecule has 2 aromatic rings. The van der Waals surface area contributed by atoms with Crippen molar-refractivity contribution in [2.24, 2.45) is 17.3 Å². The number of carboxylic acids is 1. The molecular formula is C19H18FN3O4. The maximum absolute atomic E-state index is 14.1. The molecule has 0 unspecified atom stereocenters. The predicted octanol–water partition coefficient (Wildman–Crippen LogP) is 2.77. The van der Waals surface area contributed by atoms with Crippen LogP contribution in [0.1, 0.15) is 24.2 Å². The monoisotopic (exact) mass is 371 g/mol. The molecule has 7 nitrogen and oxygen atoms in total. The van der Waals surface area contributed by atoms with E-state index in [-0.39, 0.29) is 11.3 Å². The SMILES string of the molecule is CC1(C)[C@H](C(=O)O)[C@@H]1C(=O)Nc1ccc(F)c(C(=O)Nc2cccnc2)c1. The second kappa shape index (κ2) is 6.79. The van der Waals surface area contributed by atoms with Crippen molar-refractivity contribution in [3.63, 3.8) is 0 Å². The van der Waals surface area contributed by atoms with E-state index in [1.54, 1.807) is 26.0 Å². The molecule has 1 fully saturated rings. The van der Waals surface area contributed by atoms with Gasteiger partial charge in [0.25, 0.3) is 5.91 Å². The lowest BCUT2D eigenvalue weighted by Crippen LogP contribution is -2.19. The lowest BCUT2D eigenvalue weighted by molar-refractivity contribution is -0.140. The average Bonchev–Trinajstić information content (AvgIpc) is 3.20. The summed E-state index contributed by atoms with van der Waals surface area (Å²) < 4.78 is 14.1. The van der Waals surface area contributed by atoms with Gasteiger partial charge in [-0.2, -0.15) is 0 Å². The molecule has 1 heterocycles. The number of carbonyl (C=O) groups is 3. The molecule has 2 amide bonds. The van der Waals surface area contributed by atoms with E-state index in [9.17, 15) is 23.9 Å². The minimum absolute atomic E-state index is 0.213. The van der Waals surface area contributed by atoms with Crippen LogP contribution in [0.15, 0.2) is 42.7 Å². The Hall–Kier alpha value is -3.29. The van der Waals surface area contributed by atoms with Crippen molar-refractivity contribution in [1.82, 2.24) is 4.98 Å². The molecule has 3 N–H and O–H groups in total. The normalized spacial score (nSPS) is 19.8. The molecule has 1 aromatic carbocycles. The van der Waals surface area contributed by atoms with Gasteiger partial charge in [0, 0.05) is 11.9 Å². The van der Waals surface area contributed by atoms with Gasteiger partial charge in [0.2, 0.25) is 5.91 Å². The van der Waals surface area contributed by atoms with E-state index in [0.717, 1.165) is 6.07 Å². The Bertz CT molecular complexity index is 914. The zero-order valence-corrected chi connectivity index (χ0v) is 14.7. The van der Waals surface area contributed by atoms with E-state index in [2.05, 4.69) is 15.6 Å². The number of nitrogens with one attached hydrogen (secondary N) is 2. The highest BCUT2D eigenvalue weighted by atomic mass is 19.1. The predicted molar refractivity (Wildman–Crippen MR) is 95.6 cm³/mol. The van der Waals surface area contributed by atoms with Gasteiger partial charge in [0.05, 0.1) is 29.3 Å². The first-order chi connectivity index (χ1) is 12.7. The second-order valence-corrected chi connectivity index (χ2v) is 6.99. The number of anilines is 2. The molecule has 1 aliphatic carbocycles. The van der Waals surface area contributed by atoms with Crippen LogP contribution >= 0.6 is 0 Å². The van der Waals surface area contributed by atoms with Crippen molar-refractivity contribution in [3.8, 4) is 0 Å². The first-order valence-corrected chi connectivity index (χ1v) is 8.26. The first kappa shape index (κ1) is 18.5. The van der Waals surface area contributed by atoms with Crippen LogP contribution in [0.3, 0.4) is 0 Å². The Labute approximate surface area is 154 Å². The quantitative estimate of drug-likeness (QED) is 0.749. The van der Waals surface area contributed by atoms with Crippen LogP contribution in [-0.2, 0) is 9.59 Å². The molecule has 0 saturated heterocycles. The molecule has 140 valence electrons. The molecule has 1 aromatic heterocycles. The highest BCUT2D eigenvalue weighted by Crippen LogP contribution is 2.58. The fourth-order valence-electron chi connectivity index (χ4n) is 3.22. The van der Waals surface area contributed by atoms with E-state index < -0.39 is 40.9 Å². The zero-order chi connectivity index (χ0) is 19.8. The van der Waals surface area contributed by atoms with Crippen molar-refractivity contribution in [3.05, 3.63) is 54.1 Å². The third-order valence-electron chi connectivity index (χ3n) is 4.77. The van der Waals surface area contributed by atoms with E-state index in [0.29, 0.717) is 5.69 Å². The summed E-state index contributed by atoms with van der Waals surface area (Å²) in [7, 11) is 0. The topological polar surface area (TPSA) is 108 Å². The van der Waals surface area contributed by atoms with Crippen LogP contribution in [0.25, 0.3) is 0 Å². The van der Waals surface area contributed by atoms with Gasteiger partial charge in [-0.1, -0.05) is 13.8 Å². The van der Waals surface area contributed by atoms with Gasteiger partial charge in [0.1, 0.15) is 5.82 Å². The van der Waals surface area contributed by atoms with Gasteiger partial charge >= 0.3 is 5.97 Å². The number of rotatable bonds is 5. The summed E-state index contributed by atoms with van der Waals surface area (Å²) in [6.45, 7) is 3.40. The van der Waals surface area contributed by atoms with E-state index in [1.807, 2.05) is 0 Å². The molecule has 1 saturated carbocycles. The minimum atomic E-state index is -1.03. The summed E-state index contributed by atoms with van der Waals surface area (Å²) in [5, 5.41) is 14.3. The van der Waals surface area contributed by atoms with Gasteiger partial charge < -0.3 is 15.7 Å². The molecule has 3 rings (SSSR count). The zero-order valence-electron chi connectivity index (χ0n) is 14.7. The molecule has 27 heavy (non-hydrogen) atoms. The third-order valence-corrected chi connectivity index (χ3v) is 4.77. The number of aromatic nitrogens is 1. The summed E-state index contributed by atoms with van der Waals surface area (Å²) in [6.07, 6.45) is 2.96. The lowest BCUT2D eigenvalue weighted by atomic mass is 10.1. The first-order valence-electron chi connectivity index (χ1n) is 8.26. The number of amides is 2. The Balaban J connectivity index is 1.75. The van der Waals surface area contributed by atoms with E-state index in [1.165, 1.54) is 24.5 Å². The van der Waals surface area contributed by atoms with Gasteiger partial charge in [-0.05, 0) is 35.7 Å². The van der Waals surface area contributed by atoms with E-state index >= 15 is 0 Å². The van der Waals surface area contributed by atoms with Crippen LogP contribution in [0.4, 0.5) is 15.8 Å². The van der Waals surface area contributed by atoms with Crippen LogP contribution in [0, 0.1) is 23.1 Å². The number of benzene rings is 1. The molecular weight excluding hydrogens is 353 g/mol. The van der Waals surface area contributed by atoms with Crippen molar-refractivity contribution in [2.75, 3.05) is 10.6 Å². The van der Waals surface area contributed by atoms with Crippen molar-refractivity contribution < 1.29 is 23.9 Å². The summed E-state index contributed by atoms with van der Waals surface area (Å²) in [5.41, 5.74) is -0.289. The number of halogens is 1. The van der Waals surface area contributed by atoms with Gasteiger partial charge in [-0.25, -0.2) is 4.39 Å². The second-order valence-electron chi connectivity index (χ2n) is 6.99. The number of pyridine rings is 1. The molecule has 2 atom stereocenters. The number of aliphatic carboxylic acids is 1. The molecule has 0 radical (unpaired) electrons. The van der Waals surface area contributed by atoms with Gasteiger partial charge in [0.15, 0.2) is 0 Å². The number of hydrogen-bond acceptors (Lipinski definition) is 4. The van der Waals surface area contributed by atoms with Crippen LogP contribution < -0.4 is 10.6 Å². The number of nitrogens with zero attached hydrogens (tertiary/aromatic N) is 1. The highest BCUT2D eigenvalue weighted by molar-refractivity contribution is 6.06. The average molecular weight is 371 g/mol. The maximum atomic E-state index is 14.1. The Morgan fingerprint density at radius 3 is 2.44 bits per heavy atom. The molecule has 8 heteroatoms. The molecule has 0 bridgehead atoms. The lowest BCUT2D eigenvalue weighted by Gasteiger charge is -2.10. The Morgan fingerprint density at radius 2 is 1.85 bits per heavy atom. The third kappa shape index (κ3) is 3.64. The van der Waals surface area contributed by atoms with Crippen LogP contribution in [0.5, 0.6) is 0 Å². The molecule has 0 aliphatic heterocycles. The van der Waals surface area contributed by atoms with Crippen molar-refractivity contribution in [2.45, 2.75) is 13.8 Å². The van der Waals surface area contributed by atoms with Gasteiger partial charge in [-0.3, -0.25) is 19.4 Å². The highest BCUT2D eigenvalue weighted by Gasteiger charge is 2.65.